The van der Waals surface area contributed by atoms with Gasteiger partial charge in [-0.25, -0.2) is 14.0 Å². The van der Waals surface area contributed by atoms with Crippen molar-refractivity contribution >= 4 is 12.1 Å². The van der Waals surface area contributed by atoms with E-state index < -0.39 is 17.9 Å². The summed E-state index contributed by atoms with van der Waals surface area (Å²) in [5, 5.41) is 12.9. The lowest BCUT2D eigenvalue weighted by atomic mass is 10.1. The van der Waals surface area contributed by atoms with E-state index in [9.17, 15) is 14.0 Å². The van der Waals surface area contributed by atoms with Crippen molar-refractivity contribution in [2.75, 3.05) is 13.1 Å². The maximum absolute atomic E-state index is 14.0. The molecule has 24 heavy (non-hydrogen) atoms. The predicted molar refractivity (Wildman–Crippen MR) is 81.9 cm³/mol. The molecule has 0 aliphatic carbocycles. The Morgan fingerprint density at radius 1 is 1.17 bits per heavy atom. The van der Waals surface area contributed by atoms with Crippen LogP contribution in [0.15, 0.2) is 30.3 Å². The fourth-order valence-corrected chi connectivity index (χ4v) is 2.57. The van der Waals surface area contributed by atoms with Crippen LogP contribution in [0.4, 0.5) is 9.18 Å². The van der Waals surface area contributed by atoms with E-state index in [0.717, 1.165) is 30.0 Å². The molecule has 0 saturated carbocycles. The van der Waals surface area contributed by atoms with Gasteiger partial charge in [-0.1, -0.05) is 12.1 Å². The average Bonchev–Trinajstić information content (AvgIpc) is 3.00. The molecule has 126 valence electrons. The van der Waals surface area contributed by atoms with Crippen LogP contribution in [0.3, 0.4) is 0 Å². The van der Waals surface area contributed by atoms with Gasteiger partial charge in [0.05, 0.1) is 0 Å². The number of aromatic carboxylic acids is 1. The maximum Gasteiger partial charge on any atom is 0.416 e. The Labute approximate surface area is 137 Å². The molecule has 0 bridgehead atoms. The van der Waals surface area contributed by atoms with E-state index in [2.05, 4.69) is 5.10 Å². The van der Waals surface area contributed by atoms with Crippen LogP contribution in [0.25, 0.3) is 5.69 Å². The number of likely N-dealkylation sites (tertiary alicyclic amines) is 1. The number of benzene rings is 1. The van der Waals surface area contributed by atoms with Gasteiger partial charge >= 0.3 is 12.1 Å². The lowest BCUT2D eigenvalue weighted by Crippen LogP contribution is -2.37. The molecule has 1 aliphatic rings. The van der Waals surface area contributed by atoms with Gasteiger partial charge in [-0.15, -0.1) is 0 Å². The van der Waals surface area contributed by atoms with E-state index >= 15 is 0 Å². The van der Waals surface area contributed by atoms with E-state index in [1.54, 1.807) is 11.0 Å². The first kappa shape index (κ1) is 16.0. The zero-order valence-electron chi connectivity index (χ0n) is 12.8. The quantitative estimate of drug-likeness (QED) is 0.933. The molecular weight excluding hydrogens is 317 g/mol. The highest BCUT2D eigenvalue weighted by molar-refractivity contribution is 5.86. The molecule has 2 heterocycles. The molecule has 1 saturated heterocycles. The second-order valence-electron chi connectivity index (χ2n) is 5.45. The number of hydrogen-bond donors (Lipinski definition) is 1. The van der Waals surface area contributed by atoms with Crippen LogP contribution in [0, 0.1) is 5.82 Å². The molecule has 1 amide bonds. The molecule has 1 aliphatic heterocycles. The van der Waals surface area contributed by atoms with Gasteiger partial charge in [0.15, 0.2) is 5.69 Å². The summed E-state index contributed by atoms with van der Waals surface area (Å²) in [6.07, 6.45) is 2.24. The van der Waals surface area contributed by atoms with Crippen molar-refractivity contribution < 1.29 is 23.8 Å². The highest BCUT2D eigenvalue weighted by Crippen LogP contribution is 2.23. The van der Waals surface area contributed by atoms with Crippen molar-refractivity contribution in [1.82, 2.24) is 14.7 Å². The molecule has 1 fully saturated rings. The summed E-state index contributed by atoms with van der Waals surface area (Å²) in [5.74, 6) is -2.03. The Bertz CT molecular complexity index is 768. The maximum atomic E-state index is 14.0. The van der Waals surface area contributed by atoms with Crippen molar-refractivity contribution in [2.45, 2.75) is 19.3 Å². The average molecular weight is 333 g/mol. The first-order valence-corrected chi connectivity index (χ1v) is 7.61. The SMILES string of the molecule is O=C(O)c1cc(OC(=O)N2CCCCC2)n(-c2ccccc2F)n1. The van der Waals surface area contributed by atoms with E-state index in [1.807, 2.05) is 0 Å². The zero-order valence-corrected chi connectivity index (χ0v) is 12.8. The number of piperidine rings is 1. The second kappa shape index (κ2) is 6.69. The number of aromatic nitrogens is 2. The van der Waals surface area contributed by atoms with Gasteiger partial charge in [-0.3, -0.25) is 0 Å². The highest BCUT2D eigenvalue weighted by atomic mass is 19.1. The standard InChI is InChI=1S/C16H16FN3O4/c17-11-6-2-3-7-13(11)20-14(10-12(18-20)15(21)22)24-16(23)19-8-4-1-5-9-19/h2-3,6-7,10H,1,4-5,8-9H2,(H,21,22). The normalized spacial score (nSPS) is 14.5. The van der Waals surface area contributed by atoms with Crippen molar-refractivity contribution in [3.05, 3.63) is 41.8 Å². The summed E-state index contributed by atoms with van der Waals surface area (Å²) in [7, 11) is 0. The van der Waals surface area contributed by atoms with E-state index in [1.165, 1.54) is 18.2 Å². The van der Waals surface area contributed by atoms with E-state index in [-0.39, 0.29) is 17.3 Å². The number of para-hydroxylation sites is 1. The molecule has 1 N–H and O–H groups in total. The third-order valence-corrected chi connectivity index (χ3v) is 3.78. The van der Waals surface area contributed by atoms with Gasteiger partial charge in [0.2, 0.25) is 5.88 Å². The van der Waals surface area contributed by atoms with Crippen molar-refractivity contribution in [3.63, 3.8) is 0 Å². The summed E-state index contributed by atoms with van der Waals surface area (Å²) in [4.78, 5) is 24.9. The summed E-state index contributed by atoms with van der Waals surface area (Å²) in [5.41, 5.74) is -0.328. The predicted octanol–water partition coefficient (Wildman–Crippen LogP) is 2.69. The molecule has 2 aromatic rings. The van der Waals surface area contributed by atoms with Crippen LogP contribution in [0.5, 0.6) is 5.88 Å². The fraction of sp³-hybridized carbons (Fsp3) is 0.312. The van der Waals surface area contributed by atoms with Crippen LogP contribution in [0.1, 0.15) is 29.8 Å². The fourth-order valence-electron chi connectivity index (χ4n) is 2.57. The molecule has 1 aromatic heterocycles. The number of halogens is 1. The third-order valence-electron chi connectivity index (χ3n) is 3.78. The number of carboxylic acids is 1. The Balaban J connectivity index is 1.93. The van der Waals surface area contributed by atoms with Crippen LogP contribution in [0.2, 0.25) is 0 Å². The van der Waals surface area contributed by atoms with Gasteiger partial charge in [0, 0.05) is 19.2 Å². The number of carbonyl (C=O) groups is 2. The summed E-state index contributed by atoms with van der Waals surface area (Å²) in [6.45, 7) is 1.16. The lowest BCUT2D eigenvalue weighted by Gasteiger charge is -2.25. The third kappa shape index (κ3) is 3.22. The van der Waals surface area contributed by atoms with E-state index in [4.69, 9.17) is 9.84 Å². The number of amides is 1. The van der Waals surface area contributed by atoms with Crippen molar-refractivity contribution in [3.8, 4) is 11.6 Å². The minimum Gasteiger partial charge on any atom is -0.476 e. The van der Waals surface area contributed by atoms with Crippen molar-refractivity contribution in [2.24, 2.45) is 0 Å². The number of nitrogens with zero attached hydrogens (tertiary/aromatic N) is 3. The second-order valence-corrected chi connectivity index (χ2v) is 5.45. The minimum atomic E-state index is -1.29. The largest absolute Gasteiger partial charge is 0.476 e. The Hall–Kier alpha value is -2.90. The van der Waals surface area contributed by atoms with Gasteiger partial charge in [-0.2, -0.15) is 9.78 Å². The summed E-state index contributed by atoms with van der Waals surface area (Å²) in [6, 6.07) is 6.83. The van der Waals surface area contributed by atoms with Crippen molar-refractivity contribution in [1.29, 1.82) is 0 Å². The topological polar surface area (TPSA) is 84.7 Å². The molecule has 7 nitrogen and oxygen atoms in total. The molecule has 0 spiro atoms. The monoisotopic (exact) mass is 333 g/mol. The molecule has 0 radical (unpaired) electrons. The van der Waals surface area contributed by atoms with E-state index in [0.29, 0.717) is 13.1 Å². The Kier molecular flexibility index (Phi) is 4.45. The Morgan fingerprint density at radius 3 is 2.54 bits per heavy atom. The van der Waals surface area contributed by atoms with Crippen LogP contribution in [-0.2, 0) is 0 Å². The lowest BCUT2D eigenvalue weighted by molar-refractivity contribution is 0.0689. The molecular formula is C16H16FN3O4. The number of ether oxygens (including phenoxy) is 1. The van der Waals surface area contributed by atoms with Crippen LogP contribution >= 0.6 is 0 Å². The summed E-state index contributed by atoms with van der Waals surface area (Å²) >= 11 is 0. The van der Waals surface area contributed by atoms with Crippen LogP contribution < -0.4 is 4.74 Å². The molecule has 3 rings (SSSR count). The summed E-state index contributed by atoms with van der Waals surface area (Å²) < 4.78 is 20.3. The first-order valence-electron chi connectivity index (χ1n) is 7.61. The molecule has 1 aromatic carbocycles. The zero-order chi connectivity index (χ0) is 17.1. The number of rotatable bonds is 3. The smallest absolute Gasteiger partial charge is 0.416 e. The first-order chi connectivity index (χ1) is 11.6. The molecule has 0 unspecified atom stereocenters. The molecule has 0 atom stereocenters. The van der Waals surface area contributed by atoms with Gasteiger partial charge < -0.3 is 14.7 Å². The number of carbonyl (C=O) groups excluding carboxylic acids is 1. The number of hydrogen-bond acceptors (Lipinski definition) is 4. The molecule has 8 heteroatoms. The number of carboxylic acid groups (broad SMARTS) is 1. The Morgan fingerprint density at radius 2 is 1.88 bits per heavy atom. The van der Waals surface area contributed by atoms with Gasteiger partial charge in [0.25, 0.3) is 0 Å². The minimum absolute atomic E-state index is 0.00597. The highest BCUT2D eigenvalue weighted by Gasteiger charge is 2.23. The van der Waals surface area contributed by atoms with Gasteiger partial charge in [-0.05, 0) is 31.4 Å². The van der Waals surface area contributed by atoms with Gasteiger partial charge in [0.1, 0.15) is 11.5 Å². The van der Waals surface area contributed by atoms with Crippen LogP contribution in [-0.4, -0.2) is 44.9 Å².